The molecule has 5 heteroatoms. The third-order valence-corrected chi connectivity index (χ3v) is 5.28. The molecule has 2 aliphatic heterocycles. The van der Waals surface area contributed by atoms with Gasteiger partial charge in [0.1, 0.15) is 0 Å². The van der Waals surface area contributed by atoms with E-state index in [9.17, 15) is 0 Å². The van der Waals surface area contributed by atoms with Crippen molar-refractivity contribution >= 4 is 0 Å². The van der Waals surface area contributed by atoms with Crippen LogP contribution in [0.3, 0.4) is 0 Å². The van der Waals surface area contributed by atoms with Crippen LogP contribution in [0.25, 0.3) is 0 Å². The first kappa shape index (κ1) is 16.8. The van der Waals surface area contributed by atoms with E-state index in [0.29, 0.717) is 12.6 Å². The van der Waals surface area contributed by atoms with E-state index in [4.69, 9.17) is 4.74 Å². The molecule has 0 radical (unpaired) electrons. The van der Waals surface area contributed by atoms with Gasteiger partial charge in [0, 0.05) is 32.4 Å². The molecular weight excluding hydrogens is 312 g/mol. The molecule has 0 bridgehead atoms. The standard InChI is InChI=1S/C20H28N4O/c1-2-6-18(7-3-1)17-25-13-12-23-14-19-8-9-21-24(19)20(16-23)15-22-10-4-5-11-22/h1-3,6-9,20H,4-5,10-17H2/t20-/m0/s1. The summed E-state index contributed by atoms with van der Waals surface area (Å²) in [6, 6.07) is 13.0. The number of benzene rings is 1. The van der Waals surface area contributed by atoms with E-state index in [2.05, 4.69) is 49.9 Å². The molecule has 1 saturated heterocycles. The molecule has 1 aromatic carbocycles. The summed E-state index contributed by atoms with van der Waals surface area (Å²) in [7, 11) is 0. The van der Waals surface area contributed by atoms with Gasteiger partial charge in [-0.1, -0.05) is 30.3 Å². The van der Waals surface area contributed by atoms with Gasteiger partial charge in [-0.3, -0.25) is 9.58 Å². The number of hydrogen-bond donors (Lipinski definition) is 0. The topological polar surface area (TPSA) is 33.5 Å². The third kappa shape index (κ3) is 4.29. The van der Waals surface area contributed by atoms with Crippen molar-refractivity contribution in [1.82, 2.24) is 19.6 Å². The van der Waals surface area contributed by atoms with Crippen LogP contribution in [0.4, 0.5) is 0 Å². The highest BCUT2D eigenvalue weighted by atomic mass is 16.5. The first-order valence-corrected chi connectivity index (χ1v) is 9.47. The van der Waals surface area contributed by atoms with Crippen LogP contribution < -0.4 is 0 Å². The molecule has 3 heterocycles. The lowest BCUT2D eigenvalue weighted by Gasteiger charge is -2.35. The van der Waals surface area contributed by atoms with Crippen molar-refractivity contribution in [3.63, 3.8) is 0 Å². The van der Waals surface area contributed by atoms with Gasteiger partial charge in [-0.15, -0.1) is 0 Å². The Hall–Kier alpha value is -1.69. The van der Waals surface area contributed by atoms with Gasteiger partial charge >= 0.3 is 0 Å². The normalized spacial score (nSPS) is 21.5. The second-order valence-electron chi connectivity index (χ2n) is 7.20. The number of nitrogens with zero attached hydrogens (tertiary/aromatic N) is 4. The molecule has 4 rings (SSSR count). The van der Waals surface area contributed by atoms with E-state index < -0.39 is 0 Å². The summed E-state index contributed by atoms with van der Waals surface area (Å²) in [6.07, 6.45) is 4.63. The Morgan fingerprint density at radius 1 is 1.04 bits per heavy atom. The van der Waals surface area contributed by atoms with E-state index in [1.54, 1.807) is 0 Å². The minimum Gasteiger partial charge on any atom is -0.375 e. The third-order valence-electron chi connectivity index (χ3n) is 5.28. The molecule has 1 aromatic heterocycles. The Morgan fingerprint density at radius 2 is 1.88 bits per heavy atom. The largest absolute Gasteiger partial charge is 0.375 e. The van der Waals surface area contributed by atoms with E-state index in [-0.39, 0.29) is 0 Å². The number of fused-ring (bicyclic) bond motifs is 1. The lowest BCUT2D eigenvalue weighted by molar-refractivity contribution is 0.0706. The molecule has 0 aliphatic carbocycles. The number of ether oxygens (including phenoxy) is 1. The van der Waals surface area contributed by atoms with Crippen LogP contribution in [0.5, 0.6) is 0 Å². The summed E-state index contributed by atoms with van der Waals surface area (Å²) in [5.74, 6) is 0. The van der Waals surface area contributed by atoms with Crippen molar-refractivity contribution in [2.24, 2.45) is 0 Å². The fourth-order valence-corrected chi connectivity index (χ4v) is 3.99. The summed E-state index contributed by atoms with van der Waals surface area (Å²) in [5.41, 5.74) is 2.57. The Kier molecular flexibility index (Phi) is 5.45. The van der Waals surface area contributed by atoms with Crippen molar-refractivity contribution in [3.05, 3.63) is 53.9 Å². The maximum Gasteiger partial charge on any atom is 0.0776 e. The summed E-state index contributed by atoms with van der Waals surface area (Å²) >= 11 is 0. The van der Waals surface area contributed by atoms with Gasteiger partial charge in [-0.2, -0.15) is 5.10 Å². The van der Waals surface area contributed by atoms with E-state index in [1.807, 2.05) is 12.3 Å². The smallest absolute Gasteiger partial charge is 0.0776 e. The van der Waals surface area contributed by atoms with Gasteiger partial charge in [0.2, 0.25) is 0 Å². The zero-order chi connectivity index (χ0) is 16.9. The highest BCUT2D eigenvalue weighted by molar-refractivity contribution is 5.13. The van der Waals surface area contributed by atoms with Gasteiger partial charge < -0.3 is 9.64 Å². The fraction of sp³-hybridized carbons (Fsp3) is 0.550. The minimum absolute atomic E-state index is 0.464. The van der Waals surface area contributed by atoms with Gasteiger partial charge in [-0.25, -0.2) is 0 Å². The first-order valence-electron chi connectivity index (χ1n) is 9.47. The Balaban J connectivity index is 1.29. The summed E-state index contributed by atoms with van der Waals surface area (Å²) in [5, 5.41) is 4.58. The molecule has 0 unspecified atom stereocenters. The number of likely N-dealkylation sites (tertiary alicyclic amines) is 1. The van der Waals surface area contributed by atoms with Crippen LogP contribution in [0, 0.1) is 0 Å². The first-order chi connectivity index (χ1) is 12.4. The predicted molar refractivity (Wildman–Crippen MR) is 98.3 cm³/mol. The van der Waals surface area contributed by atoms with E-state index >= 15 is 0 Å². The van der Waals surface area contributed by atoms with Crippen molar-refractivity contribution < 1.29 is 4.74 Å². The van der Waals surface area contributed by atoms with Gasteiger partial charge in [0.25, 0.3) is 0 Å². The van der Waals surface area contributed by atoms with Crippen molar-refractivity contribution in [1.29, 1.82) is 0 Å². The maximum atomic E-state index is 5.89. The molecule has 1 fully saturated rings. The van der Waals surface area contributed by atoms with Gasteiger partial charge in [0.15, 0.2) is 0 Å². The quantitative estimate of drug-likeness (QED) is 0.726. The lowest BCUT2D eigenvalue weighted by atomic mass is 10.2. The van der Waals surface area contributed by atoms with E-state index in [0.717, 1.165) is 32.8 Å². The second-order valence-corrected chi connectivity index (χ2v) is 7.20. The van der Waals surface area contributed by atoms with Crippen LogP contribution in [0.15, 0.2) is 42.6 Å². The molecule has 2 aromatic rings. The monoisotopic (exact) mass is 340 g/mol. The van der Waals surface area contributed by atoms with Gasteiger partial charge in [-0.05, 0) is 37.6 Å². The Morgan fingerprint density at radius 3 is 2.72 bits per heavy atom. The Labute approximate surface area is 150 Å². The molecule has 25 heavy (non-hydrogen) atoms. The van der Waals surface area contributed by atoms with E-state index in [1.165, 1.54) is 37.2 Å². The van der Waals surface area contributed by atoms with Crippen molar-refractivity contribution in [3.8, 4) is 0 Å². The summed E-state index contributed by atoms with van der Waals surface area (Å²) in [4.78, 5) is 5.11. The SMILES string of the molecule is c1ccc(COCCN2Cc3ccnn3[C@@H](CN3CCCC3)C2)cc1. The van der Waals surface area contributed by atoms with Crippen LogP contribution in [-0.4, -0.2) is 58.9 Å². The zero-order valence-corrected chi connectivity index (χ0v) is 14.9. The number of aromatic nitrogens is 2. The zero-order valence-electron chi connectivity index (χ0n) is 14.9. The number of rotatable bonds is 7. The molecule has 2 aliphatic rings. The molecule has 134 valence electrons. The second kappa shape index (κ2) is 8.13. The van der Waals surface area contributed by atoms with Crippen LogP contribution >= 0.6 is 0 Å². The highest BCUT2D eigenvalue weighted by Gasteiger charge is 2.27. The molecule has 0 amide bonds. The number of hydrogen-bond acceptors (Lipinski definition) is 4. The Bertz CT molecular complexity index is 651. The average Bonchev–Trinajstić information content (AvgIpc) is 3.31. The lowest BCUT2D eigenvalue weighted by Crippen LogP contribution is -2.43. The molecule has 0 N–H and O–H groups in total. The average molecular weight is 340 g/mol. The minimum atomic E-state index is 0.464. The van der Waals surface area contributed by atoms with Crippen molar-refractivity contribution in [2.75, 3.05) is 39.3 Å². The fourth-order valence-electron chi connectivity index (χ4n) is 3.99. The van der Waals surface area contributed by atoms with Gasteiger partial charge in [0.05, 0.1) is 24.9 Å². The van der Waals surface area contributed by atoms with Crippen LogP contribution in [0.2, 0.25) is 0 Å². The molecule has 0 spiro atoms. The summed E-state index contributed by atoms with van der Waals surface area (Å²) < 4.78 is 8.14. The maximum absolute atomic E-state index is 5.89. The molecule has 1 atom stereocenters. The van der Waals surface area contributed by atoms with Crippen molar-refractivity contribution in [2.45, 2.75) is 32.0 Å². The molecule has 0 saturated carbocycles. The highest BCUT2D eigenvalue weighted by Crippen LogP contribution is 2.22. The summed E-state index contributed by atoms with van der Waals surface area (Å²) in [6.45, 7) is 8.11. The molecule has 5 nitrogen and oxygen atoms in total. The van der Waals surface area contributed by atoms with Crippen LogP contribution in [0.1, 0.15) is 30.1 Å². The van der Waals surface area contributed by atoms with Crippen LogP contribution in [-0.2, 0) is 17.9 Å². The predicted octanol–water partition coefficient (Wildman–Crippen LogP) is 2.55. The molecular formula is C20H28N4O.